The lowest BCUT2D eigenvalue weighted by molar-refractivity contribution is 0.0942. The molecule has 0 spiro atoms. The van der Waals surface area contributed by atoms with E-state index < -0.39 is 0 Å². The number of halogens is 1. The lowest BCUT2D eigenvalue weighted by atomic mass is 10.1. The van der Waals surface area contributed by atoms with Gasteiger partial charge in [0, 0.05) is 12.1 Å². The van der Waals surface area contributed by atoms with Gasteiger partial charge < -0.3 is 10.2 Å². The molecule has 0 fully saturated rings. The number of aryl methyl sites for hydroxylation is 1. The number of amides is 1. The molecule has 0 bridgehead atoms. The molecule has 1 aromatic heterocycles. The van der Waals surface area contributed by atoms with Gasteiger partial charge in [-0.1, -0.05) is 18.2 Å². The topological polar surface area (TPSA) is 75.9 Å². The smallest absolute Gasteiger partial charge is 0.251 e. The molecular formula is C19H21FN6O. The molecule has 1 atom stereocenters. The predicted octanol–water partition coefficient (Wildman–Crippen LogP) is 2.14. The molecular weight excluding hydrogens is 347 g/mol. The summed E-state index contributed by atoms with van der Waals surface area (Å²) in [6, 6.07) is 13.3. The quantitative estimate of drug-likeness (QED) is 0.721. The van der Waals surface area contributed by atoms with Gasteiger partial charge in [0.1, 0.15) is 5.82 Å². The molecule has 27 heavy (non-hydrogen) atoms. The second kappa shape index (κ2) is 8.05. The number of tetrazole rings is 1. The standard InChI is InChI=1S/C19H21FN6O/c1-13-22-23-24-26(13)17-9-5-7-15(11-17)19(27)21-12-18(25(2)3)14-6-4-8-16(20)10-14/h4-11,18H,12H2,1-3H3,(H,21,27)/t18-/m1/s1. The molecule has 1 amide bonds. The summed E-state index contributed by atoms with van der Waals surface area (Å²) >= 11 is 0. The van der Waals surface area contributed by atoms with Crippen molar-refractivity contribution >= 4 is 5.91 Å². The van der Waals surface area contributed by atoms with Gasteiger partial charge in [-0.3, -0.25) is 4.79 Å². The van der Waals surface area contributed by atoms with E-state index in [2.05, 4.69) is 20.8 Å². The van der Waals surface area contributed by atoms with Crippen molar-refractivity contribution in [1.82, 2.24) is 30.4 Å². The van der Waals surface area contributed by atoms with Crippen molar-refractivity contribution in [3.8, 4) is 5.69 Å². The first-order valence-corrected chi connectivity index (χ1v) is 8.51. The number of rotatable bonds is 6. The van der Waals surface area contributed by atoms with E-state index in [0.29, 0.717) is 23.6 Å². The Kier molecular flexibility index (Phi) is 5.56. The van der Waals surface area contributed by atoms with Gasteiger partial charge in [0.25, 0.3) is 5.91 Å². The summed E-state index contributed by atoms with van der Waals surface area (Å²) in [6.07, 6.45) is 0. The van der Waals surface area contributed by atoms with Crippen molar-refractivity contribution in [2.75, 3.05) is 20.6 Å². The number of hydrogen-bond acceptors (Lipinski definition) is 5. The van der Waals surface area contributed by atoms with Crippen LogP contribution in [0.5, 0.6) is 0 Å². The monoisotopic (exact) mass is 368 g/mol. The number of likely N-dealkylation sites (N-methyl/N-ethyl adjacent to an activating group) is 1. The van der Waals surface area contributed by atoms with Crippen LogP contribution < -0.4 is 5.32 Å². The fraction of sp³-hybridized carbons (Fsp3) is 0.263. The second-order valence-corrected chi connectivity index (χ2v) is 6.43. The highest BCUT2D eigenvalue weighted by molar-refractivity contribution is 5.94. The summed E-state index contributed by atoms with van der Waals surface area (Å²) in [4.78, 5) is 14.6. The highest BCUT2D eigenvalue weighted by Gasteiger charge is 2.17. The van der Waals surface area contributed by atoms with Crippen molar-refractivity contribution in [1.29, 1.82) is 0 Å². The van der Waals surface area contributed by atoms with Crippen LogP contribution in [-0.2, 0) is 0 Å². The summed E-state index contributed by atoms with van der Waals surface area (Å²) in [5.41, 5.74) is 2.01. The largest absolute Gasteiger partial charge is 0.350 e. The molecule has 0 aliphatic heterocycles. The van der Waals surface area contributed by atoms with Gasteiger partial charge in [-0.25, -0.2) is 4.39 Å². The van der Waals surface area contributed by atoms with Gasteiger partial charge in [-0.2, -0.15) is 4.68 Å². The van der Waals surface area contributed by atoms with Crippen LogP contribution >= 0.6 is 0 Å². The van der Waals surface area contributed by atoms with Gasteiger partial charge in [-0.15, -0.1) is 5.10 Å². The van der Waals surface area contributed by atoms with Crippen molar-refractivity contribution in [3.63, 3.8) is 0 Å². The first kappa shape index (κ1) is 18.7. The minimum atomic E-state index is -0.296. The number of aromatic nitrogens is 4. The Labute approximate surface area is 156 Å². The Morgan fingerprint density at radius 3 is 2.67 bits per heavy atom. The van der Waals surface area contributed by atoms with Crippen LogP contribution in [-0.4, -0.2) is 51.7 Å². The molecule has 0 saturated heterocycles. The zero-order chi connectivity index (χ0) is 19.4. The summed E-state index contributed by atoms with van der Waals surface area (Å²) in [5.74, 6) is 0.118. The van der Waals surface area contributed by atoms with E-state index in [0.717, 1.165) is 5.56 Å². The van der Waals surface area contributed by atoms with E-state index in [4.69, 9.17) is 0 Å². The number of nitrogens with one attached hydrogen (secondary N) is 1. The van der Waals surface area contributed by atoms with E-state index in [1.54, 1.807) is 35.9 Å². The molecule has 2 aromatic carbocycles. The Hall–Kier alpha value is -3.13. The first-order valence-electron chi connectivity index (χ1n) is 8.51. The molecule has 0 aliphatic carbocycles. The van der Waals surface area contributed by atoms with E-state index in [9.17, 15) is 9.18 Å². The third-order valence-corrected chi connectivity index (χ3v) is 4.29. The molecule has 1 heterocycles. The van der Waals surface area contributed by atoms with E-state index in [-0.39, 0.29) is 17.8 Å². The average molecular weight is 368 g/mol. The van der Waals surface area contributed by atoms with E-state index in [1.165, 1.54) is 12.1 Å². The van der Waals surface area contributed by atoms with Crippen LogP contribution in [0, 0.1) is 12.7 Å². The Morgan fingerprint density at radius 2 is 2.00 bits per heavy atom. The number of carbonyl (C=O) groups is 1. The summed E-state index contributed by atoms with van der Waals surface area (Å²) in [7, 11) is 3.78. The molecule has 0 unspecified atom stereocenters. The van der Waals surface area contributed by atoms with Crippen molar-refractivity contribution in [2.24, 2.45) is 0 Å². The van der Waals surface area contributed by atoms with Crippen LogP contribution in [0.25, 0.3) is 5.69 Å². The minimum Gasteiger partial charge on any atom is -0.350 e. The van der Waals surface area contributed by atoms with Gasteiger partial charge in [0.2, 0.25) is 0 Å². The average Bonchev–Trinajstić information content (AvgIpc) is 3.07. The van der Waals surface area contributed by atoms with Crippen LogP contribution in [0.4, 0.5) is 4.39 Å². The van der Waals surface area contributed by atoms with Crippen molar-refractivity contribution in [3.05, 3.63) is 71.3 Å². The molecule has 3 rings (SSSR count). The molecule has 8 heteroatoms. The molecule has 1 N–H and O–H groups in total. The molecule has 0 aliphatic rings. The van der Waals surface area contributed by atoms with Crippen LogP contribution in [0.2, 0.25) is 0 Å². The van der Waals surface area contributed by atoms with Gasteiger partial charge >= 0.3 is 0 Å². The molecule has 140 valence electrons. The summed E-state index contributed by atoms with van der Waals surface area (Å²) < 4.78 is 15.1. The molecule has 3 aromatic rings. The Balaban J connectivity index is 1.74. The molecule has 0 saturated carbocycles. The number of benzene rings is 2. The zero-order valence-electron chi connectivity index (χ0n) is 15.4. The normalized spacial score (nSPS) is 12.2. The van der Waals surface area contributed by atoms with Gasteiger partial charge in [-0.05, 0) is 67.3 Å². The maximum Gasteiger partial charge on any atom is 0.251 e. The maximum absolute atomic E-state index is 13.5. The third-order valence-electron chi connectivity index (χ3n) is 4.29. The second-order valence-electron chi connectivity index (χ2n) is 6.43. The van der Waals surface area contributed by atoms with Crippen LogP contribution in [0.15, 0.2) is 48.5 Å². The van der Waals surface area contributed by atoms with Crippen LogP contribution in [0.1, 0.15) is 27.8 Å². The highest BCUT2D eigenvalue weighted by Crippen LogP contribution is 2.18. The lowest BCUT2D eigenvalue weighted by Crippen LogP contribution is -2.34. The van der Waals surface area contributed by atoms with Gasteiger partial charge in [0.15, 0.2) is 5.82 Å². The van der Waals surface area contributed by atoms with Crippen molar-refractivity contribution < 1.29 is 9.18 Å². The van der Waals surface area contributed by atoms with Crippen LogP contribution in [0.3, 0.4) is 0 Å². The predicted molar refractivity (Wildman–Crippen MR) is 99.1 cm³/mol. The molecule has 7 nitrogen and oxygen atoms in total. The van der Waals surface area contributed by atoms with Crippen molar-refractivity contribution in [2.45, 2.75) is 13.0 Å². The zero-order valence-corrected chi connectivity index (χ0v) is 15.4. The fourth-order valence-corrected chi connectivity index (χ4v) is 2.85. The number of carbonyl (C=O) groups excluding carboxylic acids is 1. The van der Waals surface area contributed by atoms with E-state index in [1.807, 2.05) is 31.1 Å². The Morgan fingerprint density at radius 1 is 1.22 bits per heavy atom. The molecule has 0 radical (unpaired) electrons. The fourth-order valence-electron chi connectivity index (χ4n) is 2.85. The van der Waals surface area contributed by atoms with Gasteiger partial charge in [0.05, 0.1) is 11.7 Å². The summed E-state index contributed by atoms with van der Waals surface area (Å²) in [6.45, 7) is 2.14. The Bertz CT molecular complexity index is 939. The summed E-state index contributed by atoms with van der Waals surface area (Å²) in [5, 5.41) is 14.3. The van der Waals surface area contributed by atoms with E-state index >= 15 is 0 Å². The SMILES string of the molecule is Cc1nnnn1-c1cccc(C(=O)NC[C@H](c2cccc(F)c2)N(C)C)c1. The first-order chi connectivity index (χ1) is 13.0. The number of hydrogen-bond donors (Lipinski definition) is 1. The maximum atomic E-state index is 13.5. The third kappa shape index (κ3) is 4.35. The number of nitrogens with zero attached hydrogens (tertiary/aromatic N) is 5. The minimum absolute atomic E-state index is 0.144. The highest BCUT2D eigenvalue weighted by atomic mass is 19.1. The lowest BCUT2D eigenvalue weighted by Gasteiger charge is -2.25.